The Balaban J connectivity index is 2.15. The molecule has 0 saturated carbocycles. The third-order valence-electron chi connectivity index (χ3n) is 3.30. The summed E-state index contributed by atoms with van der Waals surface area (Å²) in [5.74, 6) is 0. The lowest BCUT2D eigenvalue weighted by atomic mass is 10.0. The largest absolute Gasteiger partial charge is 0.304 e. The maximum absolute atomic E-state index is 6.25. The molecule has 106 valence electrons. The summed E-state index contributed by atoms with van der Waals surface area (Å²) in [5, 5.41) is 4.90. The van der Waals surface area contributed by atoms with E-state index in [1.807, 2.05) is 30.3 Å². The molecule has 0 aliphatic rings. The highest BCUT2D eigenvalue weighted by Crippen LogP contribution is 2.29. The molecule has 2 rings (SSSR count). The van der Waals surface area contributed by atoms with Gasteiger partial charge >= 0.3 is 0 Å². The van der Waals surface area contributed by atoms with Crippen LogP contribution < -0.4 is 5.32 Å². The number of benzene rings is 2. The standard InChI is InChI=1S/C16H16BrCl2N/c1-10(13-5-3-4-6-15(13)17)20-11(2)14-8-7-12(18)9-16(14)19/h3-11,20H,1-2H3/t10-,11?/m1/s1. The molecule has 2 aromatic carbocycles. The molecular formula is C16H16BrCl2N. The highest BCUT2D eigenvalue weighted by atomic mass is 79.9. The second kappa shape index (κ2) is 6.95. The van der Waals surface area contributed by atoms with Crippen LogP contribution >= 0.6 is 39.1 Å². The third-order valence-corrected chi connectivity index (χ3v) is 4.59. The summed E-state index contributed by atoms with van der Waals surface area (Å²) in [6.45, 7) is 4.24. The number of hydrogen-bond acceptors (Lipinski definition) is 1. The van der Waals surface area contributed by atoms with Gasteiger partial charge in [0.05, 0.1) is 0 Å². The Kier molecular flexibility index (Phi) is 5.50. The number of hydrogen-bond donors (Lipinski definition) is 1. The van der Waals surface area contributed by atoms with Crippen molar-refractivity contribution in [2.75, 3.05) is 0 Å². The van der Waals surface area contributed by atoms with E-state index in [2.05, 4.69) is 41.2 Å². The molecule has 0 aliphatic carbocycles. The van der Waals surface area contributed by atoms with Crippen LogP contribution in [0.15, 0.2) is 46.9 Å². The molecule has 4 heteroatoms. The predicted octanol–water partition coefficient (Wildman–Crippen LogP) is 6.17. The van der Waals surface area contributed by atoms with E-state index in [-0.39, 0.29) is 12.1 Å². The lowest BCUT2D eigenvalue weighted by molar-refractivity contribution is 0.493. The smallest absolute Gasteiger partial charge is 0.0468 e. The molecule has 0 spiro atoms. The maximum Gasteiger partial charge on any atom is 0.0468 e. The second-order valence-electron chi connectivity index (χ2n) is 4.80. The van der Waals surface area contributed by atoms with E-state index >= 15 is 0 Å². The van der Waals surface area contributed by atoms with Gasteiger partial charge in [0.15, 0.2) is 0 Å². The van der Waals surface area contributed by atoms with Crippen LogP contribution in [0.3, 0.4) is 0 Å². The Labute approximate surface area is 138 Å². The van der Waals surface area contributed by atoms with E-state index in [0.29, 0.717) is 10.0 Å². The lowest BCUT2D eigenvalue weighted by Gasteiger charge is -2.22. The minimum Gasteiger partial charge on any atom is -0.304 e. The first-order chi connectivity index (χ1) is 9.49. The summed E-state index contributed by atoms with van der Waals surface area (Å²) in [6, 6.07) is 14.2. The van der Waals surface area contributed by atoms with Gasteiger partial charge in [0.25, 0.3) is 0 Å². The topological polar surface area (TPSA) is 12.0 Å². The van der Waals surface area contributed by atoms with Crippen molar-refractivity contribution in [1.29, 1.82) is 0 Å². The summed E-state index contributed by atoms with van der Waals surface area (Å²) in [7, 11) is 0. The molecule has 1 nitrogen and oxygen atoms in total. The Morgan fingerprint density at radius 3 is 2.25 bits per heavy atom. The Morgan fingerprint density at radius 1 is 0.950 bits per heavy atom. The van der Waals surface area contributed by atoms with Crippen LogP contribution in [0.5, 0.6) is 0 Å². The van der Waals surface area contributed by atoms with Crippen molar-refractivity contribution < 1.29 is 0 Å². The normalized spacial score (nSPS) is 14.1. The zero-order valence-electron chi connectivity index (χ0n) is 11.3. The van der Waals surface area contributed by atoms with Crippen LogP contribution in [-0.4, -0.2) is 0 Å². The molecule has 0 aromatic heterocycles. The number of nitrogens with one attached hydrogen (secondary N) is 1. The van der Waals surface area contributed by atoms with Gasteiger partial charge in [0.2, 0.25) is 0 Å². The quantitative estimate of drug-likeness (QED) is 0.676. The Bertz CT molecular complexity index is 601. The van der Waals surface area contributed by atoms with E-state index in [4.69, 9.17) is 23.2 Å². The van der Waals surface area contributed by atoms with Gasteiger partial charge in [-0.3, -0.25) is 0 Å². The van der Waals surface area contributed by atoms with Gasteiger partial charge in [0.1, 0.15) is 0 Å². The fourth-order valence-electron chi connectivity index (χ4n) is 2.23. The van der Waals surface area contributed by atoms with Crippen molar-refractivity contribution in [3.8, 4) is 0 Å². The lowest BCUT2D eigenvalue weighted by Crippen LogP contribution is -2.23. The molecule has 0 saturated heterocycles. The maximum atomic E-state index is 6.25. The van der Waals surface area contributed by atoms with Gasteiger partial charge in [0, 0.05) is 26.6 Å². The zero-order chi connectivity index (χ0) is 14.7. The zero-order valence-corrected chi connectivity index (χ0v) is 14.4. The molecule has 0 amide bonds. The highest BCUT2D eigenvalue weighted by molar-refractivity contribution is 9.10. The summed E-state index contributed by atoms with van der Waals surface area (Å²) in [5.41, 5.74) is 2.28. The molecule has 2 aromatic rings. The summed E-state index contributed by atoms with van der Waals surface area (Å²) < 4.78 is 1.11. The fraction of sp³-hybridized carbons (Fsp3) is 0.250. The van der Waals surface area contributed by atoms with Gasteiger partial charge in [-0.15, -0.1) is 0 Å². The average Bonchev–Trinajstić information content (AvgIpc) is 2.38. The minimum absolute atomic E-state index is 0.141. The van der Waals surface area contributed by atoms with E-state index in [1.165, 1.54) is 5.56 Å². The van der Waals surface area contributed by atoms with E-state index < -0.39 is 0 Å². The molecular weight excluding hydrogens is 357 g/mol. The van der Waals surface area contributed by atoms with E-state index in [0.717, 1.165) is 10.0 Å². The van der Waals surface area contributed by atoms with Crippen LogP contribution in [-0.2, 0) is 0 Å². The Morgan fingerprint density at radius 2 is 1.60 bits per heavy atom. The summed E-state index contributed by atoms with van der Waals surface area (Å²) in [6.07, 6.45) is 0. The van der Waals surface area contributed by atoms with E-state index in [1.54, 1.807) is 6.07 Å². The molecule has 2 atom stereocenters. The summed E-state index contributed by atoms with van der Waals surface area (Å²) >= 11 is 15.8. The third kappa shape index (κ3) is 3.76. The minimum atomic E-state index is 0.141. The van der Waals surface area contributed by atoms with Crippen LogP contribution in [0, 0.1) is 0 Å². The summed E-state index contributed by atoms with van der Waals surface area (Å²) in [4.78, 5) is 0. The molecule has 1 N–H and O–H groups in total. The SMILES string of the molecule is CC(N[C@H](C)c1ccccc1Br)c1ccc(Cl)cc1Cl. The van der Waals surface area contributed by atoms with Gasteiger partial charge in [-0.25, -0.2) is 0 Å². The van der Waals surface area contributed by atoms with Crippen molar-refractivity contribution in [3.63, 3.8) is 0 Å². The monoisotopic (exact) mass is 371 g/mol. The number of halogens is 3. The first-order valence-corrected chi connectivity index (χ1v) is 7.99. The fourth-order valence-corrected chi connectivity index (χ4v) is 3.43. The van der Waals surface area contributed by atoms with Crippen LogP contribution in [0.2, 0.25) is 10.0 Å². The van der Waals surface area contributed by atoms with Gasteiger partial charge in [-0.1, -0.05) is 63.4 Å². The first kappa shape index (κ1) is 15.8. The first-order valence-electron chi connectivity index (χ1n) is 6.44. The van der Waals surface area contributed by atoms with Gasteiger partial charge < -0.3 is 5.32 Å². The predicted molar refractivity (Wildman–Crippen MR) is 90.6 cm³/mol. The Hall–Kier alpha value is -0.540. The van der Waals surface area contributed by atoms with Crippen molar-refractivity contribution in [1.82, 2.24) is 5.32 Å². The van der Waals surface area contributed by atoms with Crippen LogP contribution in [0.1, 0.15) is 37.1 Å². The molecule has 0 radical (unpaired) electrons. The molecule has 0 aliphatic heterocycles. The van der Waals surface area contributed by atoms with Gasteiger partial charge in [-0.05, 0) is 43.2 Å². The second-order valence-corrected chi connectivity index (χ2v) is 6.50. The van der Waals surface area contributed by atoms with Crippen molar-refractivity contribution in [2.45, 2.75) is 25.9 Å². The van der Waals surface area contributed by atoms with E-state index in [9.17, 15) is 0 Å². The van der Waals surface area contributed by atoms with Crippen LogP contribution in [0.4, 0.5) is 0 Å². The molecule has 20 heavy (non-hydrogen) atoms. The number of rotatable bonds is 4. The van der Waals surface area contributed by atoms with Gasteiger partial charge in [-0.2, -0.15) is 0 Å². The molecule has 0 heterocycles. The van der Waals surface area contributed by atoms with Crippen molar-refractivity contribution in [2.24, 2.45) is 0 Å². The highest BCUT2D eigenvalue weighted by Gasteiger charge is 2.15. The van der Waals surface area contributed by atoms with Crippen molar-refractivity contribution >= 4 is 39.1 Å². The average molecular weight is 373 g/mol. The molecule has 0 fully saturated rings. The van der Waals surface area contributed by atoms with Crippen molar-refractivity contribution in [3.05, 3.63) is 68.1 Å². The van der Waals surface area contributed by atoms with Crippen LogP contribution in [0.25, 0.3) is 0 Å². The molecule has 0 bridgehead atoms. The molecule has 1 unspecified atom stereocenters.